The van der Waals surface area contributed by atoms with E-state index in [2.05, 4.69) is 43.0 Å². The van der Waals surface area contributed by atoms with Crippen molar-refractivity contribution in [3.05, 3.63) is 46.9 Å². The first-order chi connectivity index (χ1) is 16.0. The normalized spacial score (nSPS) is 15.4. The highest BCUT2D eigenvalue weighted by atomic mass is 79.9. The molecule has 1 N–H and O–H groups in total. The van der Waals surface area contributed by atoms with Gasteiger partial charge < -0.3 is 19.5 Å². The van der Waals surface area contributed by atoms with Crippen LogP contribution < -0.4 is 9.47 Å². The van der Waals surface area contributed by atoms with Crippen LogP contribution in [0.3, 0.4) is 0 Å². The zero-order valence-electron chi connectivity index (χ0n) is 18.6. The number of nitrogens with zero attached hydrogens (tertiary/aromatic N) is 5. The summed E-state index contributed by atoms with van der Waals surface area (Å²) >= 11 is 3.47. The number of hydrogen-bond acceptors (Lipinski definition) is 7. The number of piperazine rings is 1. The summed E-state index contributed by atoms with van der Waals surface area (Å²) in [5.74, 6) is 0.371. The number of ether oxygens (including phenoxy) is 2. The van der Waals surface area contributed by atoms with E-state index in [1.54, 1.807) is 22.8 Å². The molecular weight excluding hydrogens is 490 g/mol. The summed E-state index contributed by atoms with van der Waals surface area (Å²) in [6.07, 6.45) is 0. The van der Waals surface area contributed by atoms with Crippen molar-refractivity contribution in [2.75, 3.05) is 46.9 Å². The average molecular weight is 516 g/mol. The summed E-state index contributed by atoms with van der Waals surface area (Å²) in [5, 5.41) is 19.6. The fraction of sp³-hybridized carbons (Fsp3) is 0.348. The molecule has 0 spiro atoms. The standard InChI is InChI=1S/C23H26BrN5O4/c1-27-9-11-28(12-10-27)15-29-18-8-7-16(24)13-17(18)22(23(29)31)26-25-21(30)14-33-20-6-4-3-5-19(20)32-2/h3-8,13,31H,9-12,14-15H2,1-2H3. The summed E-state index contributed by atoms with van der Waals surface area (Å²) in [4.78, 5) is 16.9. The number of fused-ring (bicyclic) bond motifs is 1. The van der Waals surface area contributed by atoms with Crippen LogP contribution in [0.1, 0.15) is 0 Å². The predicted octanol–water partition coefficient (Wildman–Crippen LogP) is 4.01. The largest absolute Gasteiger partial charge is 0.493 e. The third-order valence-electron chi connectivity index (χ3n) is 5.59. The Labute approximate surface area is 200 Å². The van der Waals surface area contributed by atoms with E-state index >= 15 is 0 Å². The van der Waals surface area contributed by atoms with E-state index in [9.17, 15) is 9.90 Å². The molecule has 0 saturated carbocycles. The second kappa shape index (κ2) is 10.3. The van der Waals surface area contributed by atoms with E-state index < -0.39 is 5.91 Å². The van der Waals surface area contributed by atoms with Crippen molar-refractivity contribution < 1.29 is 19.4 Å². The molecule has 3 aromatic rings. The molecule has 1 saturated heterocycles. The molecule has 1 fully saturated rings. The lowest BCUT2D eigenvalue weighted by Crippen LogP contribution is -2.44. The summed E-state index contributed by atoms with van der Waals surface area (Å²) < 4.78 is 13.4. The van der Waals surface area contributed by atoms with Crippen LogP contribution in [-0.4, -0.2) is 72.3 Å². The molecule has 0 aliphatic carbocycles. The summed E-state index contributed by atoms with van der Waals surface area (Å²) in [5.41, 5.74) is 1.08. The van der Waals surface area contributed by atoms with E-state index in [-0.39, 0.29) is 18.2 Å². The van der Waals surface area contributed by atoms with Gasteiger partial charge in [-0.05, 0) is 37.4 Å². The Kier molecular flexibility index (Phi) is 7.26. The Morgan fingerprint density at radius 3 is 2.58 bits per heavy atom. The van der Waals surface area contributed by atoms with Crippen molar-refractivity contribution in [1.29, 1.82) is 0 Å². The number of benzene rings is 2. The molecule has 2 heterocycles. The third kappa shape index (κ3) is 5.35. The van der Waals surface area contributed by atoms with Crippen LogP contribution in [0.5, 0.6) is 17.4 Å². The van der Waals surface area contributed by atoms with Crippen molar-refractivity contribution in [2.24, 2.45) is 10.2 Å². The number of aromatic nitrogens is 1. The van der Waals surface area contributed by atoms with Crippen LogP contribution in [0.15, 0.2) is 57.2 Å². The van der Waals surface area contributed by atoms with Gasteiger partial charge in [-0.3, -0.25) is 14.3 Å². The summed E-state index contributed by atoms with van der Waals surface area (Å²) in [7, 11) is 3.63. The topological polar surface area (TPSA) is 91.9 Å². The van der Waals surface area contributed by atoms with E-state index in [0.717, 1.165) is 36.2 Å². The number of para-hydroxylation sites is 2. The minimum atomic E-state index is -0.574. The lowest BCUT2D eigenvalue weighted by molar-refractivity contribution is -0.120. The molecule has 1 aliphatic rings. The SMILES string of the molecule is COc1ccccc1OCC(=O)N=Nc1c(O)n(CN2CCN(C)CC2)c2ccc(Br)cc12. The fourth-order valence-electron chi connectivity index (χ4n) is 3.74. The van der Waals surface area contributed by atoms with Gasteiger partial charge in [0.15, 0.2) is 23.8 Å². The smallest absolute Gasteiger partial charge is 0.302 e. The van der Waals surface area contributed by atoms with E-state index in [0.29, 0.717) is 23.6 Å². The second-order valence-corrected chi connectivity index (χ2v) is 8.77. The van der Waals surface area contributed by atoms with Crippen molar-refractivity contribution in [1.82, 2.24) is 14.4 Å². The van der Waals surface area contributed by atoms with Gasteiger partial charge in [-0.25, -0.2) is 0 Å². The molecule has 33 heavy (non-hydrogen) atoms. The Hall–Kier alpha value is -2.95. The number of rotatable bonds is 7. The number of aromatic hydroxyl groups is 1. The van der Waals surface area contributed by atoms with Crippen molar-refractivity contribution >= 4 is 38.4 Å². The molecule has 2 aromatic carbocycles. The summed E-state index contributed by atoms with van der Waals surface area (Å²) in [6.45, 7) is 3.98. The molecule has 0 radical (unpaired) electrons. The van der Waals surface area contributed by atoms with Gasteiger partial charge in [0.25, 0.3) is 0 Å². The van der Waals surface area contributed by atoms with Gasteiger partial charge in [0.05, 0.1) is 19.3 Å². The van der Waals surface area contributed by atoms with E-state index in [4.69, 9.17) is 9.47 Å². The Bertz CT molecular complexity index is 1170. The van der Waals surface area contributed by atoms with Crippen molar-refractivity contribution in [3.63, 3.8) is 0 Å². The summed E-state index contributed by atoms with van der Waals surface area (Å²) in [6, 6.07) is 12.7. The number of carbonyl (C=O) groups excluding carboxylic acids is 1. The number of halogens is 1. The van der Waals surface area contributed by atoms with Crippen LogP contribution >= 0.6 is 15.9 Å². The zero-order chi connectivity index (χ0) is 23.4. The molecule has 10 heteroatoms. The minimum absolute atomic E-state index is 0.0239. The van der Waals surface area contributed by atoms with Crippen LogP contribution in [0.4, 0.5) is 5.69 Å². The van der Waals surface area contributed by atoms with Gasteiger partial charge in [-0.1, -0.05) is 28.1 Å². The number of hydrogen-bond donors (Lipinski definition) is 1. The monoisotopic (exact) mass is 515 g/mol. The van der Waals surface area contributed by atoms with Gasteiger partial charge in [0, 0.05) is 36.0 Å². The lowest BCUT2D eigenvalue weighted by atomic mass is 10.2. The van der Waals surface area contributed by atoms with Gasteiger partial charge in [0.1, 0.15) is 0 Å². The molecule has 0 bridgehead atoms. The highest BCUT2D eigenvalue weighted by molar-refractivity contribution is 9.10. The van der Waals surface area contributed by atoms with E-state index in [1.807, 2.05) is 24.3 Å². The van der Waals surface area contributed by atoms with Gasteiger partial charge in [0.2, 0.25) is 5.88 Å². The van der Waals surface area contributed by atoms with Gasteiger partial charge in [-0.15, -0.1) is 10.2 Å². The first-order valence-corrected chi connectivity index (χ1v) is 11.4. The first kappa shape index (κ1) is 23.2. The van der Waals surface area contributed by atoms with E-state index in [1.165, 1.54) is 7.11 Å². The van der Waals surface area contributed by atoms with Crippen LogP contribution in [0.25, 0.3) is 10.9 Å². The lowest BCUT2D eigenvalue weighted by Gasteiger charge is -2.32. The molecule has 1 aromatic heterocycles. The van der Waals surface area contributed by atoms with Crippen molar-refractivity contribution in [3.8, 4) is 17.4 Å². The number of methoxy groups -OCH3 is 1. The first-order valence-electron chi connectivity index (χ1n) is 10.6. The highest BCUT2D eigenvalue weighted by Crippen LogP contribution is 2.40. The minimum Gasteiger partial charge on any atom is -0.493 e. The number of azo groups is 1. The molecule has 0 atom stereocenters. The van der Waals surface area contributed by atoms with Gasteiger partial charge >= 0.3 is 5.91 Å². The molecule has 4 rings (SSSR count). The molecule has 174 valence electrons. The second-order valence-electron chi connectivity index (χ2n) is 7.86. The van der Waals surface area contributed by atoms with Crippen LogP contribution in [0.2, 0.25) is 0 Å². The number of amides is 1. The van der Waals surface area contributed by atoms with Crippen molar-refractivity contribution in [2.45, 2.75) is 6.67 Å². The maximum atomic E-state index is 12.3. The Morgan fingerprint density at radius 1 is 1.12 bits per heavy atom. The maximum absolute atomic E-state index is 12.3. The highest BCUT2D eigenvalue weighted by Gasteiger charge is 2.21. The number of carbonyl (C=O) groups is 1. The molecule has 0 unspecified atom stereocenters. The average Bonchev–Trinajstić information content (AvgIpc) is 3.07. The molecule has 1 aliphatic heterocycles. The molecule has 9 nitrogen and oxygen atoms in total. The molecular formula is C23H26BrN5O4. The predicted molar refractivity (Wildman–Crippen MR) is 128 cm³/mol. The Balaban J connectivity index is 1.54. The number of likely N-dealkylation sites (N-methyl/N-ethyl adjacent to an activating group) is 1. The molecule has 1 amide bonds. The fourth-order valence-corrected chi connectivity index (χ4v) is 4.10. The maximum Gasteiger partial charge on any atom is 0.302 e. The van der Waals surface area contributed by atoms with Crippen LogP contribution in [-0.2, 0) is 11.5 Å². The van der Waals surface area contributed by atoms with Crippen LogP contribution in [0, 0.1) is 0 Å². The zero-order valence-corrected chi connectivity index (χ0v) is 20.2. The van der Waals surface area contributed by atoms with Gasteiger partial charge in [-0.2, -0.15) is 0 Å². The Morgan fingerprint density at radius 2 is 1.85 bits per heavy atom. The quantitative estimate of drug-likeness (QED) is 0.478. The third-order valence-corrected chi connectivity index (χ3v) is 6.08.